The number of hydrogen-bond acceptors (Lipinski definition) is 7. The van der Waals surface area contributed by atoms with Crippen LogP contribution in [0.2, 0.25) is 0 Å². The van der Waals surface area contributed by atoms with Crippen LogP contribution in [-0.2, 0) is 27.9 Å². The number of carbonyl (C=O) groups is 1. The van der Waals surface area contributed by atoms with Gasteiger partial charge in [0.1, 0.15) is 6.10 Å². The molecule has 400 valence electrons. The number of phosphoric ester groups is 1. The van der Waals surface area contributed by atoms with Crippen molar-refractivity contribution in [2.45, 2.75) is 258 Å². The van der Waals surface area contributed by atoms with E-state index in [1.807, 2.05) is 0 Å². The van der Waals surface area contributed by atoms with E-state index in [0.717, 1.165) is 77.0 Å². The maximum Gasteiger partial charge on any atom is 0.472 e. The lowest BCUT2D eigenvalue weighted by Crippen LogP contribution is -2.28. The minimum atomic E-state index is -4.30. The summed E-state index contributed by atoms with van der Waals surface area (Å²) in [6.45, 7) is 4.79. The van der Waals surface area contributed by atoms with E-state index in [1.165, 1.54) is 148 Å². The predicted octanol–water partition coefficient (Wildman–Crippen LogP) is 18.4. The first kappa shape index (κ1) is 66.7. The molecule has 0 aliphatic rings. The van der Waals surface area contributed by atoms with Gasteiger partial charge in [-0.25, -0.2) is 4.57 Å². The highest BCUT2D eigenvalue weighted by atomic mass is 31.2. The van der Waals surface area contributed by atoms with Crippen LogP contribution in [0.1, 0.15) is 251 Å². The number of esters is 1. The lowest BCUT2D eigenvalue weighted by atomic mass is 10.0. The fourth-order valence-electron chi connectivity index (χ4n) is 7.92. The van der Waals surface area contributed by atoms with Gasteiger partial charge in [-0.15, -0.1) is 0 Å². The summed E-state index contributed by atoms with van der Waals surface area (Å²) in [4.78, 5) is 22.6. The topological polar surface area (TPSA) is 117 Å². The van der Waals surface area contributed by atoms with Crippen molar-refractivity contribution in [3.05, 3.63) is 85.1 Å². The number of ether oxygens (including phenoxy) is 2. The Morgan fingerprint density at radius 1 is 0.449 bits per heavy atom. The van der Waals surface area contributed by atoms with Gasteiger partial charge in [-0.3, -0.25) is 13.8 Å². The lowest BCUT2D eigenvalue weighted by molar-refractivity contribution is -0.154. The van der Waals surface area contributed by atoms with Crippen LogP contribution >= 0.6 is 7.82 Å². The molecule has 0 amide bonds. The quantitative estimate of drug-likeness (QED) is 0.0268. The van der Waals surface area contributed by atoms with E-state index in [2.05, 4.69) is 98.9 Å². The van der Waals surface area contributed by atoms with E-state index in [4.69, 9.17) is 24.3 Å². The molecule has 0 aromatic heterocycles. The molecular formula is C60H108NO7P. The molecule has 8 nitrogen and oxygen atoms in total. The molecule has 0 aliphatic carbocycles. The van der Waals surface area contributed by atoms with Crippen LogP contribution in [0.15, 0.2) is 85.1 Å². The summed E-state index contributed by atoms with van der Waals surface area (Å²) in [6, 6.07) is 0. The van der Waals surface area contributed by atoms with Gasteiger partial charge >= 0.3 is 13.8 Å². The molecule has 0 saturated heterocycles. The van der Waals surface area contributed by atoms with Crippen molar-refractivity contribution >= 4 is 13.8 Å². The maximum absolute atomic E-state index is 12.7. The molecular weight excluding hydrogens is 878 g/mol. The second kappa shape index (κ2) is 56.6. The monoisotopic (exact) mass is 986 g/mol. The summed E-state index contributed by atoms with van der Waals surface area (Å²) in [7, 11) is -4.30. The van der Waals surface area contributed by atoms with Crippen LogP contribution in [0.25, 0.3) is 0 Å². The van der Waals surface area contributed by atoms with Crippen molar-refractivity contribution in [3.8, 4) is 0 Å². The number of hydrogen-bond donors (Lipinski definition) is 2. The van der Waals surface area contributed by atoms with Crippen molar-refractivity contribution in [1.29, 1.82) is 0 Å². The first-order chi connectivity index (χ1) is 33.9. The Morgan fingerprint density at radius 2 is 0.812 bits per heavy atom. The van der Waals surface area contributed by atoms with Crippen molar-refractivity contribution in [2.75, 3.05) is 33.0 Å². The van der Waals surface area contributed by atoms with Crippen molar-refractivity contribution in [2.24, 2.45) is 5.73 Å². The summed E-state index contributed by atoms with van der Waals surface area (Å²) in [5, 5.41) is 0. The Morgan fingerprint density at radius 3 is 1.20 bits per heavy atom. The zero-order valence-corrected chi connectivity index (χ0v) is 45.7. The SMILES string of the molecule is CC/C=C\C/C=C\C/C=C\C/C=C\C/C=C\C/C=C\C/C=C\CCCCCC(=O)OC(COCCCCCCCCCCCCCCCCCCCCCCCCCCC)COP(=O)(O)OCCN. The molecule has 0 aliphatic heterocycles. The Bertz CT molecular complexity index is 1340. The Balaban J connectivity index is 3.97. The normalized spacial score (nSPS) is 13.9. The molecule has 0 saturated carbocycles. The van der Waals surface area contributed by atoms with Crippen molar-refractivity contribution in [3.63, 3.8) is 0 Å². The van der Waals surface area contributed by atoms with Crippen LogP contribution in [-0.4, -0.2) is 49.9 Å². The van der Waals surface area contributed by atoms with E-state index in [-0.39, 0.29) is 38.8 Å². The van der Waals surface area contributed by atoms with Gasteiger partial charge in [0, 0.05) is 19.6 Å². The molecule has 0 aromatic carbocycles. The number of unbranched alkanes of at least 4 members (excludes halogenated alkanes) is 27. The third-order valence-corrected chi connectivity index (χ3v) is 13.1. The molecule has 3 N–H and O–H groups in total. The lowest BCUT2D eigenvalue weighted by Gasteiger charge is -2.20. The van der Waals surface area contributed by atoms with Gasteiger partial charge < -0.3 is 20.1 Å². The first-order valence-electron chi connectivity index (χ1n) is 28.6. The molecule has 0 spiro atoms. The van der Waals surface area contributed by atoms with Gasteiger partial charge in [0.05, 0.1) is 19.8 Å². The van der Waals surface area contributed by atoms with Crippen LogP contribution in [0.5, 0.6) is 0 Å². The van der Waals surface area contributed by atoms with Gasteiger partial charge in [0.25, 0.3) is 0 Å². The number of carbonyl (C=O) groups excluding carboxylic acids is 1. The van der Waals surface area contributed by atoms with Crippen LogP contribution in [0.4, 0.5) is 0 Å². The number of rotatable bonds is 54. The minimum Gasteiger partial charge on any atom is -0.457 e. The highest BCUT2D eigenvalue weighted by molar-refractivity contribution is 7.47. The molecule has 0 heterocycles. The summed E-state index contributed by atoms with van der Waals surface area (Å²) in [5.74, 6) is -0.360. The molecule has 9 heteroatoms. The molecule has 2 unspecified atom stereocenters. The van der Waals surface area contributed by atoms with Gasteiger partial charge in [0.15, 0.2) is 0 Å². The van der Waals surface area contributed by atoms with Gasteiger partial charge in [0.2, 0.25) is 0 Å². The zero-order chi connectivity index (χ0) is 50.1. The molecule has 0 fully saturated rings. The Kier molecular flexibility index (Phi) is 54.7. The zero-order valence-electron chi connectivity index (χ0n) is 44.8. The molecule has 0 bridgehead atoms. The van der Waals surface area contributed by atoms with E-state index in [1.54, 1.807) is 0 Å². The van der Waals surface area contributed by atoms with E-state index in [9.17, 15) is 14.3 Å². The molecule has 0 aromatic rings. The second-order valence-electron chi connectivity index (χ2n) is 18.8. The average Bonchev–Trinajstić information content (AvgIpc) is 3.34. The van der Waals surface area contributed by atoms with Crippen LogP contribution < -0.4 is 5.73 Å². The summed E-state index contributed by atoms with van der Waals surface area (Å²) >= 11 is 0. The fourth-order valence-corrected chi connectivity index (χ4v) is 8.69. The Hall–Kier alpha value is -2.32. The minimum absolute atomic E-state index is 0.0916. The molecule has 2 atom stereocenters. The average molecular weight is 986 g/mol. The largest absolute Gasteiger partial charge is 0.472 e. The predicted molar refractivity (Wildman–Crippen MR) is 298 cm³/mol. The molecule has 0 radical (unpaired) electrons. The number of phosphoric acid groups is 1. The summed E-state index contributed by atoms with van der Waals surface area (Å²) in [6.07, 6.45) is 75.0. The second-order valence-corrected chi connectivity index (χ2v) is 20.2. The Labute approximate surface area is 426 Å². The van der Waals surface area contributed by atoms with Crippen molar-refractivity contribution in [1.82, 2.24) is 0 Å². The van der Waals surface area contributed by atoms with Crippen molar-refractivity contribution < 1.29 is 32.8 Å². The third kappa shape index (κ3) is 56.5. The molecule has 69 heavy (non-hydrogen) atoms. The first-order valence-corrected chi connectivity index (χ1v) is 30.1. The van der Waals surface area contributed by atoms with E-state index < -0.39 is 13.9 Å². The fraction of sp³-hybridized carbons (Fsp3) is 0.750. The van der Waals surface area contributed by atoms with Gasteiger partial charge in [-0.1, -0.05) is 259 Å². The van der Waals surface area contributed by atoms with Gasteiger partial charge in [-0.05, 0) is 70.6 Å². The number of nitrogens with two attached hydrogens (primary N) is 1. The molecule has 0 rings (SSSR count). The van der Waals surface area contributed by atoms with E-state index in [0.29, 0.717) is 13.0 Å². The highest BCUT2D eigenvalue weighted by Crippen LogP contribution is 2.43. The van der Waals surface area contributed by atoms with Crippen LogP contribution in [0, 0.1) is 0 Å². The van der Waals surface area contributed by atoms with E-state index >= 15 is 0 Å². The number of allylic oxidation sites excluding steroid dienone is 14. The van der Waals surface area contributed by atoms with Crippen LogP contribution in [0.3, 0.4) is 0 Å². The summed E-state index contributed by atoms with van der Waals surface area (Å²) < 4.78 is 33.6. The third-order valence-electron chi connectivity index (χ3n) is 12.1. The maximum atomic E-state index is 12.7. The highest BCUT2D eigenvalue weighted by Gasteiger charge is 2.25. The summed E-state index contributed by atoms with van der Waals surface area (Å²) in [5.41, 5.74) is 5.40. The standard InChI is InChI=1S/C60H108NO7P/c1-3-5-7-9-11-13-15-17-19-21-23-25-27-29-31-33-35-37-39-41-43-45-47-49-51-53-60(62)68-59(58-67-69(63,64)66-56-54-61)57-65-55-52-50-48-46-44-42-40-38-36-34-32-30-28-26-24-22-20-18-16-14-12-10-8-6-4-2/h5,7,11,13,17,19,23,25,29,31,35,37,41,43,59H,3-4,6,8-10,12,14-16,18,20-22,24,26-28,30,32-34,36,38-40,42,44-58,61H2,1-2H3,(H,63,64)/b7-5-,13-11-,19-17-,25-23-,31-29-,37-35-,43-41-. The van der Waals surface area contributed by atoms with Gasteiger partial charge in [-0.2, -0.15) is 0 Å². The smallest absolute Gasteiger partial charge is 0.457 e.